The van der Waals surface area contributed by atoms with Gasteiger partial charge in [0.2, 0.25) is 0 Å². The summed E-state index contributed by atoms with van der Waals surface area (Å²) in [7, 11) is 1.61. The van der Waals surface area contributed by atoms with Crippen LogP contribution >= 0.6 is 11.6 Å². The summed E-state index contributed by atoms with van der Waals surface area (Å²) in [6.45, 7) is 0.141. The zero-order valence-electron chi connectivity index (χ0n) is 15.0. The second-order valence-corrected chi connectivity index (χ2v) is 6.85. The lowest BCUT2D eigenvalue weighted by molar-refractivity contribution is -0.135. The minimum absolute atomic E-state index is 0.193. The number of nitrogen functional groups attached to an aromatic ring is 1. The Morgan fingerprint density at radius 2 is 1.89 bits per heavy atom. The van der Waals surface area contributed by atoms with Crippen molar-refractivity contribution in [2.24, 2.45) is 0 Å². The van der Waals surface area contributed by atoms with Crippen LogP contribution in [0.5, 0.6) is 5.75 Å². The van der Waals surface area contributed by atoms with Crippen molar-refractivity contribution in [3.8, 4) is 5.75 Å². The second-order valence-electron chi connectivity index (χ2n) is 6.41. The summed E-state index contributed by atoms with van der Waals surface area (Å²) in [5.41, 5.74) is 7.19. The monoisotopic (exact) mass is 388 g/mol. The van der Waals surface area contributed by atoms with Crippen LogP contribution in [0.1, 0.15) is 28.8 Å². The lowest BCUT2D eigenvalue weighted by atomic mass is 10.2. The molecular formula is C20H21ClN2O4. The van der Waals surface area contributed by atoms with E-state index in [9.17, 15) is 9.59 Å². The minimum atomic E-state index is -0.641. The third-order valence-corrected chi connectivity index (χ3v) is 4.62. The molecule has 0 heterocycles. The Morgan fingerprint density at radius 3 is 2.48 bits per heavy atom. The van der Waals surface area contributed by atoms with Gasteiger partial charge in [-0.2, -0.15) is 0 Å². The molecule has 0 aromatic heterocycles. The Labute approximate surface area is 162 Å². The van der Waals surface area contributed by atoms with Crippen LogP contribution in [0.15, 0.2) is 42.5 Å². The summed E-state index contributed by atoms with van der Waals surface area (Å²) in [4.78, 5) is 26.5. The van der Waals surface area contributed by atoms with Crippen LogP contribution < -0.4 is 10.5 Å². The standard InChI is InChI=1S/C20H21ClN2O4/c1-26-16-7-2-13(3-8-16)11-23(15-5-6-15)19(24)12-27-20(25)17-9-4-14(21)10-18(17)22/h2-4,7-10,15H,5-6,11-12,22H2,1H3. The van der Waals surface area contributed by atoms with E-state index in [1.54, 1.807) is 18.1 Å². The molecule has 1 saturated carbocycles. The molecule has 0 bridgehead atoms. The van der Waals surface area contributed by atoms with Gasteiger partial charge in [-0.3, -0.25) is 4.79 Å². The number of rotatable bonds is 7. The fourth-order valence-electron chi connectivity index (χ4n) is 2.74. The number of carbonyl (C=O) groups excluding carboxylic acids is 2. The number of hydrogen-bond acceptors (Lipinski definition) is 5. The fraction of sp³-hybridized carbons (Fsp3) is 0.300. The number of hydrogen-bond donors (Lipinski definition) is 1. The van der Waals surface area contributed by atoms with E-state index in [1.807, 2.05) is 24.3 Å². The van der Waals surface area contributed by atoms with Gasteiger partial charge in [0.25, 0.3) is 5.91 Å². The molecule has 142 valence electrons. The highest BCUT2D eigenvalue weighted by atomic mass is 35.5. The van der Waals surface area contributed by atoms with E-state index < -0.39 is 5.97 Å². The van der Waals surface area contributed by atoms with Crippen LogP contribution in [0.3, 0.4) is 0 Å². The van der Waals surface area contributed by atoms with Crippen LogP contribution in [-0.4, -0.2) is 36.5 Å². The molecule has 2 N–H and O–H groups in total. The maximum atomic E-state index is 12.6. The predicted octanol–water partition coefficient (Wildman–Crippen LogP) is 3.28. The maximum Gasteiger partial charge on any atom is 0.340 e. The average molecular weight is 389 g/mol. The molecule has 3 rings (SSSR count). The molecule has 0 atom stereocenters. The number of amides is 1. The first-order valence-corrected chi connectivity index (χ1v) is 9.00. The molecule has 0 unspecified atom stereocenters. The summed E-state index contributed by atoms with van der Waals surface area (Å²) in [5, 5.41) is 0.430. The minimum Gasteiger partial charge on any atom is -0.497 e. The van der Waals surface area contributed by atoms with Gasteiger partial charge in [-0.05, 0) is 48.7 Å². The molecule has 0 radical (unpaired) electrons. The number of carbonyl (C=O) groups is 2. The largest absolute Gasteiger partial charge is 0.497 e. The third-order valence-electron chi connectivity index (χ3n) is 4.38. The van der Waals surface area contributed by atoms with E-state index in [4.69, 9.17) is 26.8 Å². The van der Waals surface area contributed by atoms with Gasteiger partial charge in [0.15, 0.2) is 6.61 Å². The Kier molecular flexibility index (Phi) is 5.86. The molecule has 1 amide bonds. The van der Waals surface area contributed by atoms with E-state index in [0.717, 1.165) is 24.2 Å². The molecule has 6 nitrogen and oxygen atoms in total. The van der Waals surface area contributed by atoms with Gasteiger partial charge in [-0.1, -0.05) is 23.7 Å². The molecule has 2 aromatic carbocycles. The van der Waals surface area contributed by atoms with Crippen LogP contribution in [-0.2, 0) is 16.1 Å². The maximum absolute atomic E-state index is 12.6. The molecule has 1 aliphatic carbocycles. The van der Waals surface area contributed by atoms with Crippen molar-refractivity contribution in [1.29, 1.82) is 0 Å². The number of nitrogens with two attached hydrogens (primary N) is 1. The van der Waals surface area contributed by atoms with Gasteiger partial charge in [-0.25, -0.2) is 4.79 Å². The number of benzene rings is 2. The zero-order valence-corrected chi connectivity index (χ0v) is 15.7. The van der Waals surface area contributed by atoms with E-state index >= 15 is 0 Å². The summed E-state index contributed by atoms with van der Waals surface area (Å²) in [6, 6.07) is 12.3. The summed E-state index contributed by atoms with van der Waals surface area (Å²) in [5.74, 6) is -0.107. The number of nitrogens with zero attached hydrogens (tertiary/aromatic N) is 1. The highest BCUT2D eigenvalue weighted by molar-refractivity contribution is 6.31. The van der Waals surface area contributed by atoms with Gasteiger partial charge >= 0.3 is 5.97 Å². The molecule has 27 heavy (non-hydrogen) atoms. The molecule has 7 heteroatoms. The average Bonchev–Trinajstić information content (AvgIpc) is 3.49. The van der Waals surface area contributed by atoms with Crippen molar-refractivity contribution in [3.05, 3.63) is 58.6 Å². The highest BCUT2D eigenvalue weighted by Crippen LogP contribution is 2.29. The Balaban J connectivity index is 1.60. The number of halogens is 1. The first kappa shape index (κ1) is 19.0. The summed E-state index contributed by atoms with van der Waals surface area (Å²) in [6.07, 6.45) is 1.92. The van der Waals surface area contributed by atoms with E-state index in [-0.39, 0.29) is 29.8 Å². The van der Waals surface area contributed by atoms with Gasteiger partial charge < -0.3 is 20.1 Å². The Bertz CT molecular complexity index is 834. The van der Waals surface area contributed by atoms with Gasteiger partial charge in [0, 0.05) is 23.3 Å². The topological polar surface area (TPSA) is 81.9 Å². The molecule has 1 aliphatic rings. The van der Waals surface area contributed by atoms with Crippen LogP contribution in [0.2, 0.25) is 5.02 Å². The SMILES string of the molecule is COc1ccc(CN(C(=O)COC(=O)c2ccc(Cl)cc2N)C2CC2)cc1. The second kappa shape index (κ2) is 8.31. The molecule has 2 aromatic rings. The molecule has 0 aliphatic heterocycles. The molecule has 0 saturated heterocycles. The van der Waals surface area contributed by atoms with E-state index in [1.165, 1.54) is 12.1 Å². The van der Waals surface area contributed by atoms with E-state index in [0.29, 0.717) is 11.6 Å². The van der Waals surface area contributed by atoms with Crippen molar-refractivity contribution in [1.82, 2.24) is 4.90 Å². The van der Waals surface area contributed by atoms with Crippen molar-refractivity contribution >= 4 is 29.2 Å². The third kappa shape index (κ3) is 4.92. The number of esters is 1. The van der Waals surface area contributed by atoms with Crippen molar-refractivity contribution in [2.45, 2.75) is 25.4 Å². The lowest BCUT2D eigenvalue weighted by Gasteiger charge is -2.22. The normalized spacial score (nSPS) is 13.1. The van der Waals surface area contributed by atoms with Gasteiger partial charge in [0.1, 0.15) is 5.75 Å². The van der Waals surface area contributed by atoms with Gasteiger partial charge in [0.05, 0.1) is 12.7 Å². The van der Waals surface area contributed by atoms with Crippen molar-refractivity contribution in [3.63, 3.8) is 0 Å². The van der Waals surface area contributed by atoms with Gasteiger partial charge in [-0.15, -0.1) is 0 Å². The fourth-order valence-corrected chi connectivity index (χ4v) is 2.92. The van der Waals surface area contributed by atoms with Crippen molar-refractivity contribution in [2.75, 3.05) is 19.5 Å². The molecule has 1 fully saturated rings. The Hall–Kier alpha value is -2.73. The highest BCUT2D eigenvalue weighted by Gasteiger charge is 2.33. The zero-order chi connectivity index (χ0) is 19.4. The first-order valence-electron chi connectivity index (χ1n) is 8.62. The smallest absolute Gasteiger partial charge is 0.340 e. The number of ether oxygens (including phenoxy) is 2. The molecular weight excluding hydrogens is 368 g/mol. The molecule has 0 spiro atoms. The van der Waals surface area contributed by atoms with E-state index in [2.05, 4.69) is 0 Å². The van der Waals surface area contributed by atoms with Crippen molar-refractivity contribution < 1.29 is 19.1 Å². The van der Waals surface area contributed by atoms with Crippen LogP contribution in [0.25, 0.3) is 0 Å². The first-order chi connectivity index (χ1) is 13.0. The quantitative estimate of drug-likeness (QED) is 0.581. The lowest BCUT2D eigenvalue weighted by Crippen LogP contribution is -2.36. The summed E-state index contributed by atoms with van der Waals surface area (Å²) >= 11 is 5.83. The number of methoxy groups -OCH3 is 1. The predicted molar refractivity (Wildman–Crippen MR) is 103 cm³/mol. The van der Waals surface area contributed by atoms with Crippen LogP contribution in [0.4, 0.5) is 5.69 Å². The number of anilines is 1. The Morgan fingerprint density at radius 1 is 1.19 bits per heavy atom. The van der Waals surface area contributed by atoms with Crippen LogP contribution in [0, 0.1) is 0 Å². The summed E-state index contributed by atoms with van der Waals surface area (Å²) < 4.78 is 10.3.